The minimum atomic E-state index is 0.0467. The van der Waals surface area contributed by atoms with Crippen LogP contribution in [0.25, 0.3) is 0 Å². The number of phenolic OH excluding ortho intramolecular Hbond substituents is 1. The van der Waals surface area contributed by atoms with Crippen LogP contribution in [-0.4, -0.2) is 34.4 Å². The van der Waals surface area contributed by atoms with Crippen LogP contribution in [-0.2, 0) is 6.54 Å². The van der Waals surface area contributed by atoms with Crippen molar-refractivity contribution < 1.29 is 9.90 Å². The van der Waals surface area contributed by atoms with Gasteiger partial charge in [-0.25, -0.2) is 0 Å². The second kappa shape index (κ2) is 9.23. The summed E-state index contributed by atoms with van der Waals surface area (Å²) in [4.78, 5) is 15.4. The molecule has 4 nitrogen and oxygen atoms in total. The molecule has 0 spiro atoms. The molecular formula is C19H28N2O2. The predicted octanol–water partition coefficient (Wildman–Crippen LogP) is 4.11. The molecule has 0 aromatic heterocycles. The van der Waals surface area contributed by atoms with Crippen LogP contribution < -0.4 is 0 Å². The molecule has 0 saturated heterocycles. The molecule has 0 atom stereocenters. The van der Waals surface area contributed by atoms with Gasteiger partial charge < -0.3 is 14.9 Å². The van der Waals surface area contributed by atoms with Crippen molar-refractivity contribution in [3.05, 3.63) is 41.7 Å². The van der Waals surface area contributed by atoms with Gasteiger partial charge in [-0.15, -0.1) is 0 Å². The number of carbonyl (C=O) groups excluding carboxylic acids is 1. The molecule has 126 valence electrons. The third-order valence-corrected chi connectivity index (χ3v) is 4.26. The summed E-state index contributed by atoms with van der Waals surface area (Å²) < 4.78 is 0. The van der Waals surface area contributed by atoms with E-state index >= 15 is 0 Å². The maximum absolute atomic E-state index is 10.9. The highest BCUT2D eigenvalue weighted by atomic mass is 16.3. The van der Waals surface area contributed by atoms with Crippen molar-refractivity contribution in [3.8, 4) is 5.75 Å². The highest BCUT2D eigenvalue weighted by Gasteiger charge is 2.12. The second-order valence-electron chi connectivity index (χ2n) is 6.28. The first-order valence-electron chi connectivity index (χ1n) is 8.66. The van der Waals surface area contributed by atoms with Gasteiger partial charge in [-0.3, -0.25) is 4.79 Å². The zero-order valence-electron chi connectivity index (χ0n) is 14.1. The van der Waals surface area contributed by atoms with Crippen molar-refractivity contribution in [2.24, 2.45) is 0 Å². The Morgan fingerprint density at radius 2 is 1.83 bits per heavy atom. The van der Waals surface area contributed by atoms with E-state index in [9.17, 15) is 9.90 Å². The molecule has 0 fully saturated rings. The van der Waals surface area contributed by atoms with Gasteiger partial charge in [0.15, 0.2) is 6.29 Å². The lowest BCUT2D eigenvalue weighted by atomic mass is 10.1. The first-order chi connectivity index (χ1) is 11.2. The average molecular weight is 316 g/mol. The van der Waals surface area contributed by atoms with Crippen LogP contribution in [0.1, 0.15) is 61.4 Å². The van der Waals surface area contributed by atoms with Gasteiger partial charge in [-0.2, -0.15) is 0 Å². The summed E-state index contributed by atoms with van der Waals surface area (Å²) in [6, 6.07) is 5.21. The van der Waals surface area contributed by atoms with E-state index in [1.54, 1.807) is 12.1 Å². The van der Waals surface area contributed by atoms with E-state index < -0.39 is 0 Å². The van der Waals surface area contributed by atoms with Gasteiger partial charge >= 0.3 is 0 Å². The standard InChI is InChI=1S/C19H28N2O2/c1-2-3-4-5-6-7-10-20-11-12-21(16-20)14-17-8-9-19(23)18(13-17)15-22/h8-9,11-13,15,23H,2-7,10,14,16H2,1H3. The minimum absolute atomic E-state index is 0.0467. The van der Waals surface area contributed by atoms with Crippen molar-refractivity contribution in [2.75, 3.05) is 13.2 Å². The average Bonchev–Trinajstić information content (AvgIpc) is 3.00. The minimum Gasteiger partial charge on any atom is -0.507 e. The number of hydrogen-bond acceptors (Lipinski definition) is 4. The Morgan fingerprint density at radius 1 is 1.09 bits per heavy atom. The van der Waals surface area contributed by atoms with Crippen LogP contribution in [0.2, 0.25) is 0 Å². The Bertz CT molecular complexity index is 528. The van der Waals surface area contributed by atoms with Crippen molar-refractivity contribution in [1.82, 2.24) is 9.80 Å². The van der Waals surface area contributed by atoms with Crippen LogP contribution >= 0.6 is 0 Å². The van der Waals surface area contributed by atoms with E-state index in [-0.39, 0.29) is 5.75 Å². The number of nitrogens with zero attached hydrogens (tertiary/aromatic N) is 2. The first kappa shape index (κ1) is 17.4. The smallest absolute Gasteiger partial charge is 0.153 e. The normalized spacial score (nSPS) is 13.8. The van der Waals surface area contributed by atoms with E-state index in [1.807, 2.05) is 6.07 Å². The van der Waals surface area contributed by atoms with Gasteiger partial charge in [0.2, 0.25) is 0 Å². The van der Waals surface area contributed by atoms with Crippen molar-refractivity contribution in [2.45, 2.75) is 52.0 Å². The topological polar surface area (TPSA) is 43.8 Å². The molecule has 1 heterocycles. The van der Waals surface area contributed by atoms with Crippen molar-refractivity contribution in [1.29, 1.82) is 0 Å². The Hall–Kier alpha value is -1.97. The summed E-state index contributed by atoms with van der Waals surface area (Å²) in [5, 5.41) is 9.55. The fourth-order valence-corrected chi connectivity index (χ4v) is 2.89. The number of unbranched alkanes of at least 4 members (excludes halogenated alkanes) is 5. The SMILES string of the molecule is CCCCCCCCN1C=CN(Cc2ccc(O)c(C=O)c2)C1. The molecule has 1 aromatic carbocycles. The van der Waals surface area contributed by atoms with Gasteiger partial charge in [-0.05, 0) is 24.1 Å². The molecule has 0 radical (unpaired) electrons. The lowest BCUT2D eigenvalue weighted by Gasteiger charge is -2.21. The second-order valence-corrected chi connectivity index (χ2v) is 6.28. The summed E-state index contributed by atoms with van der Waals surface area (Å²) >= 11 is 0. The van der Waals surface area contributed by atoms with Crippen LogP contribution in [0.3, 0.4) is 0 Å². The van der Waals surface area contributed by atoms with E-state index in [2.05, 4.69) is 29.1 Å². The Labute approximate surface area is 139 Å². The third kappa shape index (κ3) is 5.62. The molecule has 1 aliphatic heterocycles. The Kier molecular flexibility index (Phi) is 6.98. The zero-order chi connectivity index (χ0) is 16.5. The van der Waals surface area contributed by atoms with E-state index in [4.69, 9.17) is 0 Å². The van der Waals surface area contributed by atoms with E-state index in [0.29, 0.717) is 11.8 Å². The van der Waals surface area contributed by atoms with Crippen molar-refractivity contribution >= 4 is 6.29 Å². The quantitative estimate of drug-likeness (QED) is 0.521. The molecule has 1 aliphatic rings. The molecule has 0 unspecified atom stereocenters. The molecule has 0 saturated carbocycles. The van der Waals surface area contributed by atoms with Gasteiger partial charge in [0.05, 0.1) is 12.2 Å². The van der Waals surface area contributed by atoms with Crippen LogP contribution in [0.4, 0.5) is 0 Å². The third-order valence-electron chi connectivity index (χ3n) is 4.26. The molecular weight excluding hydrogens is 288 g/mol. The molecule has 4 heteroatoms. The van der Waals surface area contributed by atoms with Gasteiger partial charge in [-0.1, -0.05) is 45.1 Å². The Balaban J connectivity index is 1.69. The fraction of sp³-hybridized carbons (Fsp3) is 0.526. The lowest BCUT2D eigenvalue weighted by Crippen LogP contribution is -2.25. The number of aldehydes is 1. The van der Waals surface area contributed by atoms with Crippen LogP contribution in [0, 0.1) is 0 Å². The fourth-order valence-electron chi connectivity index (χ4n) is 2.89. The maximum atomic E-state index is 10.9. The maximum Gasteiger partial charge on any atom is 0.153 e. The predicted molar refractivity (Wildman–Crippen MR) is 93.1 cm³/mol. The zero-order valence-corrected chi connectivity index (χ0v) is 14.1. The number of phenols is 1. The molecule has 0 bridgehead atoms. The molecule has 0 aliphatic carbocycles. The highest BCUT2D eigenvalue weighted by Crippen LogP contribution is 2.19. The summed E-state index contributed by atoms with van der Waals surface area (Å²) in [6.45, 7) is 5.00. The number of aromatic hydroxyl groups is 1. The van der Waals surface area contributed by atoms with E-state index in [0.717, 1.165) is 25.3 Å². The number of benzene rings is 1. The number of carbonyl (C=O) groups is 1. The molecule has 1 aromatic rings. The summed E-state index contributed by atoms with van der Waals surface area (Å²) in [5.74, 6) is 0.0467. The largest absolute Gasteiger partial charge is 0.507 e. The van der Waals surface area contributed by atoms with Gasteiger partial charge in [0.25, 0.3) is 0 Å². The highest BCUT2D eigenvalue weighted by molar-refractivity contribution is 5.79. The van der Waals surface area contributed by atoms with Crippen LogP contribution in [0.15, 0.2) is 30.6 Å². The van der Waals surface area contributed by atoms with Crippen molar-refractivity contribution in [3.63, 3.8) is 0 Å². The van der Waals surface area contributed by atoms with E-state index in [1.165, 1.54) is 38.5 Å². The molecule has 2 rings (SSSR count). The lowest BCUT2D eigenvalue weighted by molar-refractivity contribution is 0.112. The molecule has 1 N–H and O–H groups in total. The summed E-state index contributed by atoms with van der Waals surface area (Å²) in [5.41, 5.74) is 1.39. The molecule has 23 heavy (non-hydrogen) atoms. The van der Waals surface area contributed by atoms with Gasteiger partial charge in [0, 0.05) is 25.5 Å². The first-order valence-corrected chi connectivity index (χ1v) is 8.66. The van der Waals surface area contributed by atoms with Gasteiger partial charge in [0.1, 0.15) is 5.75 Å². The number of hydrogen-bond donors (Lipinski definition) is 1. The summed E-state index contributed by atoms with van der Waals surface area (Å²) in [7, 11) is 0. The van der Waals surface area contributed by atoms with Crippen LogP contribution in [0.5, 0.6) is 5.75 Å². The molecule has 0 amide bonds. The number of rotatable bonds is 10. The monoisotopic (exact) mass is 316 g/mol. The Morgan fingerprint density at radius 3 is 2.61 bits per heavy atom. The summed E-state index contributed by atoms with van der Waals surface area (Å²) in [6.07, 6.45) is 12.9.